The predicted molar refractivity (Wildman–Crippen MR) is 114 cm³/mol. The van der Waals surface area contributed by atoms with Crippen molar-refractivity contribution in [2.45, 2.75) is 19.3 Å². The molecule has 0 amide bonds. The number of thiophene rings is 1. The molecule has 3 nitrogen and oxygen atoms in total. The first kappa shape index (κ1) is 18.8. The number of fused-ring (bicyclic) bond motifs is 1. The molecular weight excluding hydrogens is 423 g/mol. The van der Waals surface area contributed by atoms with Crippen molar-refractivity contribution in [3.63, 3.8) is 0 Å². The van der Waals surface area contributed by atoms with Crippen molar-refractivity contribution in [1.82, 2.24) is 9.55 Å². The highest BCUT2D eigenvalue weighted by atomic mass is 35.5. The van der Waals surface area contributed by atoms with Crippen molar-refractivity contribution in [1.29, 1.82) is 0 Å². The molecule has 27 heavy (non-hydrogen) atoms. The summed E-state index contributed by atoms with van der Waals surface area (Å²) in [6.45, 7) is 1.06. The monoisotopic (exact) mass is 437 g/mol. The first-order chi connectivity index (χ1) is 13.1. The molecule has 4 rings (SSSR count). The predicted octanol–water partition coefficient (Wildman–Crippen LogP) is 7.13. The fourth-order valence-corrected chi connectivity index (χ4v) is 4.77. The van der Waals surface area contributed by atoms with Gasteiger partial charge in [0.25, 0.3) is 0 Å². The van der Waals surface area contributed by atoms with E-state index < -0.39 is 0 Å². The molecule has 0 bridgehead atoms. The molecule has 0 saturated carbocycles. The highest BCUT2D eigenvalue weighted by Crippen LogP contribution is 2.34. The van der Waals surface area contributed by atoms with Crippen LogP contribution in [0.3, 0.4) is 0 Å². The van der Waals surface area contributed by atoms with Crippen LogP contribution in [0.2, 0.25) is 15.1 Å². The number of ether oxygens (including phenoxy) is 1. The van der Waals surface area contributed by atoms with Crippen LogP contribution >= 0.6 is 46.1 Å². The molecule has 2 aromatic heterocycles. The summed E-state index contributed by atoms with van der Waals surface area (Å²) >= 11 is 20.4. The number of hydrogen-bond acceptors (Lipinski definition) is 3. The minimum absolute atomic E-state index is 0. The van der Waals surface area contributed by atoms with E-state index in [1.165, 1.54) is 0 Å². The fourth-order valence-electron chi connectivity index (χ4n) is 2.97. The molecule has 0 unspecified atom stereocenters. The van der Waals surface area contributed by atoms with E-state index in [-0.39, 0.29) is 7.53 Å². The van der Waals surface area contributed by atoms with Gasteiger partial charge in [0.1, 0.15) is 6.10 Å². The second-order valence-electron chi connectivity index (χ2n) is 6.10. The van der Waals surface area contributed by atoms with E-state index in [4.69, 9.17) is 39.5 Å². The van der Waals surface area contributed by atoms with Gasteiger partial charge < -0.3 is 9.30 Å². The van der Waals surface area contributed by atoms with Gasteiger partial charge >= 0.3 is 1.43 Å². The number of benzene rings is 2. The smallest absolute Gasteiger partial charge is 0.367 e. The summed E-state index contributed by atoms with van der Waals surface area (Å²) < 4.78 is 9.35. The van der Waals surface area contributed by atoms with Gasteiger partial charge in [-0.15, -0.1) is 11.3 Å². The van der Waals surface area contributed by atoms with E-state index in [9.17, 15) is 0 Å². The van der Waals surface area contributed by atoms with Gasteiger partial charge in [-0.1, -0.05) is 53.0 Å². The third-order valence-corrected chi connectivity index (χ3v) is 6.38. The third kappa shape index (κ3) is 4.15. The molecule has 0 fully saturated rings. The largest absolute Gasteiger partial charge is 1.00 e. The Kier molecular flexibility index (Phi) is 5.71. The number of hydrogen-bond donors (Lipinski definition) is 0. The molecule has 2 heterocycles. The Morgan fingerprint density at radius 3 is 2.81 bits per heavy atom. The summed E-state index contributed by atoms with van der Waals surface area (Å²) in [5.41, 5.74) is 2.01. The maximum Gasteiger partial charge on any atom is 1.00 e. The summed E-state index contributed by atoms with van der Waals surface area (Å²) in [5.74, 6) is 0. The first-order valence-electron chi connectivity index (χ1n) is 8.28. The highest BCUT2D eigenvalue weighted by molar-refractivity contribution is 7.18. The highest BCUT2D eigenvalue weighted by Gasteiger charge is 2.18. The summed E-state index contributed by atoms with van der Waals surface area (Å²) in [6.07, 6.45) is 5.17. The zero-order chi connectivity index (χ0) is 18.8. The molecule has 0 spiro atoms. The van der Waals surface area contributed by atoms with E-state index in [2.05, 4.69) is 16.4 Å². The molecule has 0 aliphatic carbocycles. The van der Waals surface area contributed by atoms with Gasteiger partial charge in [0.2, 0.25) is 0 Å². The Balaban J connectivity index is 0.00000225. The van der Waals surface area contributed by atoms with Crippen LogP contribution in [0, 0.1) is 0 Å². The zero-order valence-corrected chi connectivity index (χ0v) is 17.2. The molecule has 4 aromatic rings. The molecule has 1 atom stereocenters. The van der Waals surface area contributed by atoms with Crippen LogP contribution in [0.5, 0.6) is 0 Å². The summed E-state index contributed by atoms with van der Waals surface area (Å²) in [6, 6.07) is 11.4. The van der Waals surface area contributed by atoms with Crippen LogP contribution in [0.15, 0.2) is 60.5 Å². The molecular formula is C20H16Cl3N2OS+. The number of rotatable bonds is 6. The summed E-state index contributed by atoms with van der Waals surface area (Å²) in [4.78, 5) is 4.11. The SMILES string of the molecule is Clc1ccc([C@H](Cn2ccnc2)OCc2csc3c(Cl)cccc23)c(Cl)c1.[H+]. The lowest BCUT2D eigenvalue weighted by atomic mass is 10.1. The minimum Gasteiger partial charge on any atom is -0.367 e. The van der Waals surface area contributed by atoms with E-state index in [1.807, 2.05) is 35.0 Å². The van der Waals surface area contributed by atoms with Crippen LogP contribution in [0.1, 0.15) is 18.7 Å². The Labute approximate surface area is 177 Å². The molecule has 138 valence electrons. The second kappa shape index (κ2) is 8.21. The summed E-state index contributed by atoms with van der Waals surface area (Å²) in [7, 11) is 0. The number of imidazole rings is 1. The minimum atomic E-state index is -0.238. The molecule has 0 N–H and O–H groups in total. The standard InChI is InChI=1S/C20H15Cl3N2OS/c21-14-4-5-16(18(23)8-14)19(9-25-7-6-24-12-25)26-10-13-11-27-20-15(13)2-1-3-17(20)22/h1-8,11-12,19H,9-10H2/p+1/t19-/m0/s1. The molecule has 0 radical (unpaired) electrons. The van der Waals surface area contributed by atoms with E-state index in [0.29, 0.717) is 23.2 Å². The number of nitrogens with zero attached hydrogens (tertiary/aromatic N) is 2. The molecule has 7 heteroatoms. The van der Waals surface area contributed by atoms with Gasteiger partial charge in [-0.3, -0.25) is 0 Å². The van der Waals surface area contributed by atoms with Gasteiger partial charge in [-0.2, -0.15) is 0 Å². The van der Waals surface area contributed by atoms with Crippen molar-refractivity contribution in [2.24, 2.45) is 0 Å². The van der Waals surface area contributed by atoms with Crippen molar-refractivity contribution >= 4 is 56.2 Å². The normalized spacial score (nSPS) is 12.6. The van der Waals surface area contributed by atoms with Crippen LogP contribution in [-0.4, -0.2) is 9.55 Å². The van der Waals surface area contributed by atoms with Crippen molar-refractivity contribution in [3.05, 3.63) is 86.7 Å². The Bertz CT molecular complexity index is 1070. The van der Waals surface area contributed by atoms with Gasteiger partial charge in [0.15, 0.2) is 0 Å². The fraction of sp³-hybridized carbons (Fsp3) is 0.150. The van der Waals surface area contributed by atoms with E-state index in [0.717, 1.165) is 26.2 Å². The summed E-state index contributed by atoms with van der Waals surface area (Å²) in [5, 5.41) is 5.17. The maximum atomic E-state index is 6.44. The Hall–Kier alpha value is -1.56. The Morgan fingerprint density at radius 2 is 2.04 bits per heavy atom. The van der Waals surface area contributed by atoms with Crippen molar-refractivity contribution in [3.8, 4) is 0 Å². The topological polar surface area (TPSA) is 27.1 Å². The lowest BCUT2D eigenvalue weighted by Gasteiger charge is -2.20. The van der Waals surface area contributed by atoms with Gasteiger partial charge in [-0.05, 0) is 34.5 Å². The quantitative estimate of drug-likeness (QED) is 0.320. The maximum absolute atomic E-state index is 6.44. The Morgan fingerprint density at radius 1 is 1.15 bits per heavy atom. The number of aromatic nitrogens is 2. The average molecular weight is 439 g/mol. The molecule has 2 aromatic carbocycles. The lowest BCUT2D eigenvalue weighted by Crippen LogP contribution is -2.12. The second-order valence-corrected chi connectivity index (χ2v) is 8.23. The molecule has 0 saturated heterocycles. The van der Waals surface area contributed by atoms with Gasteiger partial charge in [-0.25, -0.2) is 4.98 Å². The van der Waals surface area contributed by atoms with Crippen LogP contribution in [0.4, 0.5) is 0 Å². The van der Waals surface area contributed by atoms with Crippen LogP contribution < -0.4 is 0 Å². The lowest BCUT2D eigenvalue weighted by molar-refractivity contribution is 0.0288. The van der Waals surface area contributed by atoms with Crippen LogP contribution in [-0.2, 0) is 17.9 Å². The average Bonchev–Trinajstić information content (AvgIpc) is 3.29. The third-order valence-electron chi connectivity index (χ3n) is 4.32. The van der Waals surface area contributed by atoms with Crippen molar-refractivity contribution in [2.75, 3.05) is 0 Å². The van der Waals surface area contributed by atoms with E-state index >= 15 is 0 Å². The molecule has 0 aliphatic heterocycles. The molecule has 0 aliphatic rings. The van der Waals surface area contributed by atoms with Crippen molar-refractivity contribution < 1.29 is 6.16 Å². The number of halogens is 3. The van der Waals surface area contributed by atoms with Crippen LogP contribution in [0.25, 0.3) is 10.1 Å². The zero-order valence-electron chi connectivity index (χ0n) is 15.1. The van der Waals surface area contributed by atoms with Gasteiger partial charge in [0.05, 0.1) is 29.2 Å². The van der Waals surface area contributed by atoms with Gasteiger partial charge in [0, 0.05) is 28.0 Å². The van der Waals surface area contributed by atoms with E-state index in [1.54, 1.807) is 29.9 Å². The first-order valence-corrected chi connectivity index (χ1v) is 10.3.